The van der Waals surface area contributed by atoms with E-state index in [1.807, 2.05) is 5.01 Å². The first kappa shape index (κ1) is 6.62. The second-order valence-electron chi connectivity index (χ2n) is 3.76. The molecule has 1 heterocycles. The van der Waals surface area contributed by atoms with Gasteiger partial charge in [-0.3, -0.25) is 5.84 Å². The Labute approximate surface area is 62.4 Å². The fourth-order valence-electron chi connectivity index (χ4n) is 2.44. The highest BCUT2D eigenvalue weighted by Crippen LogP contribution is 2.34. The SMILES string of the molecule is NN1C[C@H]2CCCC[C@H]2C1. The van der Waals surface area contributed by atoms with E-state index in [2.05, 4.69) is 0 Å². The van der Waals surface area contributed by atoms with Crippen LogP contribution >= 0.6 is 0 Å². The van der Waals surface area contributed by atoms with Gasteiger partial charge in [-0.05, 0) is 24.7 Å². The predicted octanol–water partition coefficient (Wildman–Crippen LogP) is 0.982. The molecule has 2 nitrogen and oxygen atoms in total. The van der Waals surface area contributed by atoms with E-state index in [9.17, 15) is 0 Å². The Kier molecular flexibility index (Phi) is 1.66. The molecule has 10 heavy (non-hydrogen) atoms. The molecule has 0 aromatic carbocycles. The number of hydrazine groups is 1. The molecule has 0 unspecified atom stereocenters. The van der Waals surface area contributed by atoms with Crippen LogP contribution in [0.2, 0.25) is 0 Å². The number of nitrogens with two attached hydrogens (primary N) is 1. The Morgan fingerprint density at radius 3 is 2.00 bits per heavy atom. The van der Waals surface area contributed by atoms with Crippen molar-refractivity contribution in [3.8, 4) is 0 Å². The minimum absolute atomic E-state index is 0.943. The first-order chi connectivity index (χ1) is 4.86. The highest BCUT2D eigenvalue weighted by atomic mass is 15.4. The maximum absolute atomic E-state index is 5.73. The monoisotopic (exact) mass is 140 g/mol. The van der Waals surface area contributed by atoms with Crippen molar-refractivity contribution in [2.45, 2.75) is 25.7 Å². The zero-order chi connectivity index (χ0) is 6.97. The molecule has 2 atom stereocenters. The van der Waals surface area contributed by atoms with Crippen molar-refractivity contribution in [2.75, 3.05) is 13.1 Å². The third-order valence-corrected chi connectivity index (χ3v) is 3.00. The van der Waals surface area contributed by atoms with Gasteiger partial charge in [0, 0.05) is 13.1 Å². The van der Waals surface area contributed by atoms with Crippen LogP contribution in [-0.2, 0) is 0 Å². The molecular formula is C8H16N2. The van der Waals surface area contributed by atoms with Crippen molar-refractivity contribution < 1.29 is 0 Å². The van der Waals surface area contributed by atoms with Gasteiger partial charge in [0.05, 0.1) is 0 Å². The van der Waals surface area contributed by atoms with Gasteiger partial charge in [-0.15, -0.1) is 0 Å². The molecule has 1 saturated carbocycles. The summed E-state index contributed by atoms with van der Waals surface area (Å²) >= 11 is 0. The molecule has 1 aliphatic carbocycles. The van der Waals surface area contributed by atoms with E-state index in [0.717, 1.165) is 24.9 Å². The van der Waals surface area contributed by atoms with Crippen molar-refractivity contribution in [1.29, 1.82) is 0 Å². The summed E-state index contributed by atoms with van der Waals surface area (Å²) in [7, 11) is 0. The molecule has 0 radical (unpaired) electrons. The van der Waals surface area contributed by atoms with Crippen LogP contribution in [-0.4, -0.2) is 18.1 Å². The topological polar surface area (TPSA) is 29.3 Å². The van der Waals surface area contributed by atoms with Gasteiger partial charge >= 0.3 is 0 Å². The van der Waals surface area contributed by atoms with Gasteiger partial charge in [-0.1, -0.05) is 12.8 Å². The molecular weight excluding hydrogens is 124 g/mol. The lowest BCUT2D eigenvalue weighted by atomic mass is 9.82. The summed E-state index contributed by atoms with van der Waals surface area (Å²) in [5.41, 5.74) is 0. The lowest BCUT2D eigenvalue weighted by molar-refractivity contribution is 0.299. The number of nitrogens with zero attached hydrogens (tertiary/aromatic N) is 1. The predicted molar refractivity (Wildman–Crippen MR) is 41.2 cm³/mol. The Hall–Kier alpha value is -0.0800. The molecule has 2 heteroatoms. The van der Waals surface area contributed by atoms with Gasteiger partial charge in [-0.25, -0.2) is 5.01 Å². The second kappa shape index (κ2) is 2.51. The molecule has 0 aromatic rings. The molecule has 1 aliphatic heterocycles. The third kappa shape index (κ3) is 1.06. The first-order valence-corrected chi connectivity index (χ1v) is 4.36. The molecule has 2 rings (SSSR count). The average Bonchev–Trinajstić information content (AvgIpc) is 2.27. The van der Waals surface area contributed by atoms with E-state index in [1.165, 1.54) is 25.7 Å². The van der Waals surface area contributed by atoms with Crippen molar-refractivity contribution >= 4 is 0 Å². The number of hydrogen-bond acceptors (Lipinski definition) is 2. The van der Waals surface area contributed by atoms with E-state index in [4.69, 9.17) is 5.84 Å². The molecule has 58 valence electrons. The maximum atomic E-state index is 5.73. The standard InChI is InChI=1S/C8H16N2/c9-10-5-7-3-1-2-4-8(7)6-10/h7-8H,1-6,9H2/t7-,8+. The van der Waals surface area contributed by atoms with E-state index < -0.39 is 0 Å². The van der Waals surface area contributed by atoms with Gasteiger partial charge in [0.25, 0.3) is 0 Å². The largest absolute Gasteiger partial charge is 0.269 e. The highest BCUT2D eigenvalue weighted by molar-refractivity contribution is 4.84. The van der Waals surface area contributed by atoms with E-state index in [-0.39, 0.29) is 0 Å². The van der Waals surface area contributed by atoms with Crippen LogP contribution in [0.1, 0.15) is 25.7 Å². The summed E-state index contributed by atoms with van der Waals surface area (Å²) in [4.78, 5) is 0. The van der Waals surface area contributed by atoms with E-state index in [1.54, 1.807) is 0 Å². The molecule has 2 fully saturated rings. The van der Waals surface area contributed by atoms with Gasteiger partial charge in [-0.2, -0.15) is 0 Å². The molecule has 2 N–H and O–H groups in total. The van der Waals surface area contributed by atoms with Crippen LogP contribution in [0.3, 0.4) is 0 Å². The number of hydrogen-bond donors (Lipinski definition) is 1. The van der Waals surface area contributed by atoms with Gasteiger partial charge in [0.2, 0.25) is 0 Å². The molecule has 0 spiro atoms. The molecule has 2 aliphatic rings. The van der Waals surface area contributed by atoms with E-state index in [0.29, 0.717) is 0 Å². The quantitative estimate of drug-likeness (QED) is 0.508. The minimum Gasteiger partial charge on any atom is -0.269 e. The van der Waals surface area contributed by atoms with Gasteiger partial charge < -0.3 is 0 Å². The molecule has 0 aromatic heterocycles. The smallest absolute Gasteiger partial charge is 0.0160 e. The number of rotatable bonds is 0. The summed E-state index contributed by atoms with van der Waals surface area (Å²) in [6, 6.07) is 0. The van der Waals surface area contributed by atoms with Crippen molar-refractivity contribution in [3.05, 3.63) is 0 Å². The second-order valence-corrected chi connectivity index (χ2v) is 3.76. The maximum Gasteiger partial charge on any atom is 0.0160 e. The number of fused-ring (bicyclic) bond motifs is 1. The summed E-state index contributed by atoms with van der Waals surface area (Å²) in [5, 5.41) is 2.00. The van der Waals surface area contributed by atoms with Crippen molar-refractivity contribution in [2.24, 2.45) is 17.7 Å². The van der Waals surface area contributed by atoms with Crippen molar-refractivity contribution in [1.82, 2.24) is 5.01 Å². The average molecular weight is 140 g/mol. The Morgan fingerprint density at radius 1 is 1.00 bits per heavy atom. The normalized spacial score (nSPS) is 41.7. The van der Waals surface area contributed by atoms with Crippen LogP contribution in [0.15, 0.2) is 0 Å². The summed E-state index contributed by atoms with van der Waals surface area (Å²) in [5.74, 6) is 7.61. The Morgan fingerprint density at radius 2 is 1.50 bits per heavy atom. The van der Waals surface area contributed by atoms with Crippen LogP contribution < -0.4 is 5.84 Å². The minimum atomic E-state index is 0.943. The molecule has 0 bridgehead atoms. The zero-order valence-corrected chi connectivity index (χ0v) is 6.42. The van der Waals surface area contributed by atoms with Crippen LogP contribution in [0, 0.1) is 11.8 Å². The summed E-state index contributed by atoms with van der Waals surface area (Å²) in [6.45, 7) is 2.31. The fraction of sp³-hybridized carbons (Fsp3) is 1.00. The van der Waals surface area contributed by atoms with Crippen LogP contribution in [0.25, 0.3) is 0 Å². The Balaban J connectivity index is 1.97. The molecule has 1 saturated heterocycles. The third-order valence-electron chi connectivity index (χ3n) is 3.00. The van der Waals surface area contributed by atoms with Crippen LogP contribution in [0.5, 0.6) is 0 Å². The highest BCUT2D eigenvalue weighted by Gasteiger charge is 2.32. The zero-order valence-electron chi connectivity index (χ0n) is 6.42. The van der Waals surface area contributed by atoms with Gasteiger partial charge in [0.15, 0.2) is 0 Å². The summed E-state index contributed by atoms with van der Waals surface area (Å²) < 4.78 is 0. The molecule has 0 amide bonds. The van der Waals surface area contributed by atoms with Crippen molar-refractivity contribution in [3.63, 3.8) is 0 Å². The summed E-state index contributed by atoms with van der Waals surface area (Å²) in [6.07, 6.45) is 5.74. The first-order valence-electron chi connectivity index (χ1n) is 4.36. The fourth-order valence-corrected chi connectivity index (χ4v) is 2.44. The lowest BCUT2D eigenvalue weighted by Crippen LogP contribution is -2.28. The van der Waals surface area contributed by atoms with Crippen LogP contribution in [0.4, 0.5) is 0 Å². The van der Waals surface area contributed by atoms with Gasteiger partial charge in [0.1, 0.15) is 0 Å². The Bertz CT molecular complexity index is 110. The lowest BCUT2D eigenvalue weighted by Gasteiger charge is -2.22. The van der Waals surface area contributed by atoms with E-state index >= 15 is 0 Å².